The lowest BCUT2D eigenvalue weighted by molar-refractivity contribution is 0.196. The summed E-state index contributed by atoms with van der Waals surface area (Å²) in [5, 5.41) is 13.9. The summed E-state index contributed by atoms with van der Waals surface area (Å²) in [5.41, 5.74) is 0. The third-order valence-corrected chi connectivity index (χ3v) is 4.98. The second-order valence-electron chi connectivity index (χ2n) is 5.06. The molecule has 0 amide bonds. The van der Waals surface area contributed by atoms with Gasteiger partial charge >= 0.3 is 0 Å². The van der Waals surface area contributed by atoms with E-state index in [1.807, 2.05) is 11.8 Å². The van der Waals surface area contributed by atoms with Crippen molar-refractivity contribution in [2.45, 2.75) is 38.1 Å². The van der Waals surface area contributed by atoms with Gasteiger partial charge in [-0.3, -0.25) is 0 Å². The molecule has 0 saturated carbocycles. The van der Waals surface area contributed by atoms with Crippen molar-refractivity contribution in [3.05, 3.63) is 11.6 Å². The highest BCUT2D eigenvalue weighted by Crippen LogP contribution is 2.30. The summed E-state index contributed by atoms with van der Waals surface area (Å²) in [6, 6.07) is 0. The molecule has 17 heavy (non-hydrogen) atoms. The number of aromatic nitrogens is 3. The van der Waals surface area contributed by atoms with Gasteiger partial charge in [0.2, 0.25) is 0 Å². The van der Waals surface area contributed by atoms with Gasteiger partial charge in [0.05, 0.1) is 0 Å². The summed E-state index contributed by atoms with van der Waals surface area (Å²) in [6.45, 7) is 1.20. The Labute approximate surface area is 106 Å². The average Bonchev–Trinajstić information content (AvgIpc) is 2.82. The number of aryl methyl sites for hydroxylation is 1. The van der Waals surface area contributed by atoms with E-state index >= 15 is 0 Å². The molecule has 3 rings (SSSR count). The third-order valence-electron chi connectivity index (χ3n) is 3.77. The highest BCUT2D eigenvalue weighted by Gasteiger charge is 2.25. The number of rotatable bonds is 2. The number of hydrogen-bond acceptors (Lipinski definition) is 4. The smallest absolute Gasteiger partial charge is 0.154 e. The lowest BCUT2D eigenvalue weighted by atomic mass is 9.99. The van der Waals surface area contributed by atoms with E-state index in [1.54, 1.807) is 0 Å². The molecule has 0 aromatic carbocycles. The fourth-order valence-electron chi connectivity index (χ4n) is 2.66. The maximum absolute atomic E-state index is 9.21. The van der Waals surface area contributed by atoms with Crippen molar-refractivity contribution < 1.29 is 5.11 Å². The van der Waals surface area contributed by atoms with E-state index in [4.69, 9.17) is 4.98 Å². The van der Waals surface area contributed by atoms with Crippen LogP contribution in [-0.4, -0.2) is 38.0 Å². The van der Waals surface area contributed by atoms with Gasteiger partial charge in [0.25, 0.3) is 0 Å². The summed E-state index contributed by atoms with van der Waals surface area (Å²) in [7, 11) is 0. The Bertz CT molecular complexity index is 387. The van der Waals surface area contributed by atoms with Gasteiger partial charge in [0, 0.05) is 31.2 Å². The Morgan fingerprint density at radius 3 is 3.12 bits per heavy atom. The maximum Gasteiger partial charge on any atom is 0.154 e. The molecule has 2 unspecified atom stereocenters. The average molecular weight is 253 g/mol. The molecule has 0 bridgehead atoms. The minimum atomic E-state index is 0.279. The van der Waals surface area contributed by atoms with Crippen molar-refractivity contribution in [2.75, 3.05) is 18.1 Å². The molecule has 1 aromatic heterocycles. The highest BCUT2D eigenvalue weighted by atomic mass is 32.2. The SMILES string of the molecule is OCC1CCn2nc(C3CCCSC3)nc2C1. The van der Waals surface area contributed by atoms with Gasteiger partial charge in [0.15, 0.2) is 5.82 Å². The zero-order valence-corrected chi connectivity index (χ0v) is 10.8. The molecule has 94 valence electrons. The van der Waals surface area contributed by atoms with Crippen LogP contribution in [0.3, 0.4) is 0 Å². The van der Waals surface area contributed by atoms with E-state index in [9.17, 15) is 5.11 Å². The molecule has 1 saturated heterocycles. The number of hydrogen-bond donors (Lipinski definition) is 1. The van der Waals surface area contributed by atoms with Crippen LogP contribution < -0.4 is 0 Å². The summed E-state index contributed by atoms with van der Waals surface area (Å²) in [5.74, 6) is 5.54. The van der Waals surface area contributed by atoms with E-state index in [-0.39, 0.29) is 6.61 Å². The number of thioether (sulfide) groups is 1. The molecule has 1 aromatic rings. The Kier molecular flexibility index (Phi) is 3.38. The highest BCUT2D eigenvalue weighted by molar-refractivity contribution is 7.99. The minimum Gasteiger partial charge on any atom is -0.396 e. The van der Waals surface area contributed by atoms with E-state index in [1.165, 1.54) is 24.3 Å². The summed E-state index contributed by atoms with van der Waals surface area (Å²) < 4.78 is 2.06. The van der Waals surface area contributed by atoms with Crippen LogP contribution in [-0.2, 0) is 13.0 Å². The molecule has 0 radical (unpaired) electrons. The van der Waals surface area contributed by atoms with Crippen molar-refractivity contribution in [1.29, 1.82) is 0 Å². The Morgan fingerprint density at radius 1 is 1.41 bits per heavy atom. The topological polar surface area (TPSA) is 50.9 Å². The van der Waals surface area contributed by atoms with Gasteiger partial charge in [-0.2, -0.15) is 16.9 Å². The van der Waals surface area contributed by atoms with Crippen molar-refractivity contribution >= 4 is 11.8 Å². The monoisotopic (exact) mass is 253 g/mol. The zero-order chi connectivity index (χ0) is 11.7. The molecule has 3 heterocycles. The van der Waals surface area contributed by atoms with Gasteiger partial charge < -0.3 is 5.11 Å². The molecular weight excluding hydrogens is 234 g/mol. The molecule has 1 N–H and O–H groups in total. The molecule has 2 atom stereocenters. The second-order valence-corrected chi connectivity index (χ2v) is 6.21. The lowest BCUT2D eigenvalue weighted by Gasteiger charge is -2.19. The Balaban J connectivity index is 1.77. The minimum absolute atomic E-state index is 0.279. The van der Waals surface area contributed by atoms with Crippen molar-refractivity contribution in [3.8, 4) is 0 Å². The standard InChI is InChI=1S/C12H19N3OS/c16-7-9-3-4-15-11(6-9)13-12(14-15)10-2-1-5-17-8-10/h9-10,16H,1-8H2. The van der Waals surface area contributed by atoms with Crippen molar-refractivity contribution in [3.63, 3.8) is 0 Å². The van der Waals surface area contributed by atoms with Crippen LogP contribution in [0.15, 0.2) is 0 Å². The van der Waals surface area contributed by atoms with Gasteiger partial charge in [-0.25, -0.2) is 9.67 Å². The summed E-state index contributed by atoms with van der Waals surface area (Å²) >= 11 is 2.02. The van der Waals surface area contributed by atoms with Crippen molar-refractivity contribution in [2.24, 2.45) is 5.92 Å². The first-order valence-corrected chi connectivity index (χ1v) is 7.64. The normalized spacial score (nSPS) is 29.0. The maximum atomic E-state index is 9.21. The molecule has 4 nitrogen and oxygen atoms in total. The predicted octanol–water partition coefficient (Wildman–Crippen LogP) is 1.44. The van der Waals surface area contributed by atoms with Gasteiger partial charge in [0.1, 0.15) is 5.82 Å². The van der Waals surface area contributed by atoms with E-state index in [0.29, 0.717) is 11.8 Å². The van der Waals surface area contributed by atoms with Crippen molar-refractivity contribution in [1.82, 2.24) is 14.8 Å². The largest absolute Gasteiger partial charge is 0.396 e. The van der Waals surface area contributed by atoms with Crippen LogP contribution in [0.5, 0.6) is 0 Å². The van der Waals surface area contributed by atoms with Gasteiger partial charge in [-0.1, -0.05) is 0 Å². The van der Waals surface area contributed by atoms with Gasteiger partial charge in [-0.15, -0.1) is 0 Å². The third kappa shape index (κ3) is 2.36. The fourth-order valence-corrected chi connectivity index (χ4v) is 3.80. The van der Waals surface area contributed by atoms with Crippen LogP contribution in [0.4, 0.5) is 0 Å². The van der Waals surface area contributed by atoms with E-state index < -0.39 is 0 Å². The van der Waals surface area contributed by atoms with Crippen LogP contribution in [0.25, 0.3) is 0 Å². The van der Waals surface area contributed by atoms with Crippen LogP contribution in [0.2, 0.25) is 0 Å². The quantitative estimate of drug-likeness (QED) is 0.866. The fraction of sp³-hybridized carbons (Fsp3) is 0.833. The van der Waals surface area contributed by atoms with Crippen LogP contribution in [0, 0.1) is 5.92 Å². The summed E-state index contributed by atoms with van der Waals surface area (Å²) in [4.78, 5) is 4.70. The van der Waals surface area contributed by atoms with Gasteiger partial charge in [-0.05, 0) is 30.9 Å². The molecular formula is C12H19N3OS. The lowest BCUT2D eigenvalue weighted by Crippen LogP contribution is -2.22. The molecule has 5 heteroatoms. The predicted molar refractivity (Wildman–Crippen MR) is 68.2 cm³/mol. The Hall–Kier alpha value is -0.550. The van der Waals surface area contributed by atoms with E-state index in [0.717, 1.165) is 31.0 Å². The van der Waals surface area contributed by atoms with Crippen LogP contribution >= 0.6 is 11.8 Å². The first kappa shape index (κ1) is 11.5. The molecule has 2 aliphatic heterocycles. The summed E-state index contributed by atoms with van der Waals surface area (Å²) in [6.07, 6.45) is 4.45. The number of aliphatic hydroxyl groups excluding tert-OH is 1. The molecule has 0 aliphatic carbocycles. The van der Waals surface area contributed by atoms with Crippen LogP contribution in [0.1, 0.15) is 36.8 Å². The Morgan fingerprint density at radius 2 is 2.35 bits per heavy atom. The first-order chi connectivity index (χ1) is 8.36. The second kappa shape index (κ2) is 4.98. The van der Waals surface area contributed by atoms with E-state index in [2.05, 4.69) is 9.78 Å². The number of aliphatic hydroxyl groups is 1. The molecule has 1 fully saturated rings. The number of fused-ring (bicyclic) bond motifs is 1. The molecule has 0 spiro atoms. The number of nitrogens with zero attached hydrogens (tertiary/aromatic N) is 3. The first-order valence-electron chi connectivity index (χ1n) is 6.49. The molecule has 2 aliphatic rings. The zero-order valence-electron chi connectivity index (χ0n) is 10.0.